The Kier molecular flexibility index (Phi) is 4.72. The molecule has 4 rings (SSSR count). The summed E-state index contributed by atoms with van der Waals surface area (Å²) in [6.07, 6.45) is 5.43. The Labute approximate surface area is 161 Å². The highest BCUT2D eigenvalue weighted by molar-refractivity contribution is 5.88. The van der Waals surface area contributed by atoms with Crippen LogP contribution >= 0.6 is 0 Å². The van der Waals surface area contributed by atoms with Crippen molar-refractivity contribution in [2.45, 2.75) is 19.4 Å². The molecule has 7 heteroatoms. The van der Waals surface area contributed by atoms with Crippen LogP contribution in [-0.4, -0.2) is 25.7 Å². The zero-order valence-electron chi connectivity index (χ0n) is 15.3. The Morgan fingerprint density at radius 1 is 1.14 bits per heavy atom. The highest BCUT2D eigenvalue weighted by Crippen LogP contribution is 2.17. The molecule has 0 bridgehead atoms. The number of rotatable bonds is 5. The van der Waals surface area contributed by atoms with Gasteiger partial charge in [0.2, 0.25) is 5.91 Å². The fourth-order valence-corrected chi connectivity index (χ4v) is 3.18. The van der Waals surface area contributed by atoms with E-state index in [-0.39, 0.29) is 23.9 Å². The molecular formula is C21H19N5O2. The van der Waals surface area contributed by atoms with Crippen LogP contribution in [-0.2, 0) is 11.2 Å². The van der Waals surface area contributed by atoms with Gasteiger partial charge in [-0.05, 0) is 30.7 Å². The van der Waals surface area contributed by atoms with E-state index in [0.29, 0.717) is 16.5 Å². The van der Waals surface area contributed by atoms with Gasteiger partial charge in [-0.25, -0.2) is 10.1 Å². The van der Waals surface area contributed by atoms with E-state index in [9.17, 15) is 9.59 Å². The van der Waals surface area contributed by atoms with Gasteiger partial charge in [-0.2, -0.15) is 5.10 Å². The van der Waals surface area contributed by atoms with Crippen LogP contribution in [0.2, 0.25) is 0 Å². The highest BCUT2D eigenvalue weighted by atomic mass is 16.1. The first-order valence-electron chi connectivity index (χ1n) is 8.96. The number of hydrogen-bond acceptors (Lipinski definition) is 4. The first-order valence-corrected chi connectivity index (χ1v) is 8.96. The Hall–Kier alpha value is -3.74. The highest BCUT2D eigenvalue weighted by Gasteiger charge is 2.14. The number of imidazole rings is 1. The van der Waals surface area contributed by atoms with E-state index >= 15 is 0 Å². The third kappa shape index (κ3) is 3.55. The predicted molar refractivity (Wildman–Crippen MR) is 106 cm³/mol. The number of nitrogens with one attached hydrogen (secondary N) is 2. The zero-order valence-corrected chi connectivity index (χ0v) is 15.3. The minimum Gasteiger partial charge on any atom is -0.349 e. The van der Waals surface area contributed by atoms with Crippen LogP contribution in [0, 0.1) is 0 Å². The molecule has 2 aromatic carbocycles. The number of fused-ring (bicyclic) bond motifs is 1. The molecule has 2 N–H and O–H groups in total. The first-order chi connectivity index (χ1) is 13.6. The molecule has 1 amide bonds. The van der Waals surface area contributed by atoms with Gasteiger partial charge < -0.3 is 9.88 Å². The van der Waals surface area contributed by atoms with Crippen LogP contribution in [0.15, 0.2) is 72.0 Å². The van der Waals surface area contributed by atoms with Crippen LogP contribution < -0.4 is 10.9 Å². The summed E-state index contributed by atoms with van der Waals surface area (Å²) in [4.78, 5) is 28.4. The monoisotopic (exact) mass is 373 g/mol. The van der Waals surface area contributed by atoms with Crippen molar-refractivity contribution in [2.24, 2.45) is 0 Å². The molecule has 4 aromatic rings. The van der Waals surface area contributed by atoms with Crippen molar-refractivity contribution in [3.05, 3.63) is 88.9 Å². The summed E-state index contributed by atoms with van der Waals surface area (Å²) < 4.78 is 1.92. The smallest absolute Gasteiger partial charge is 0.272 e. The third-order valence-corrected chi connectivity index (χ3v) is 4.68. The van der Waals surface area contributed by atoms with Gasteiger partial charge in [0.15, 0.2) is 0 Å². The van der Waals surface area contributed by atoms with E-state index in [0.717, 1.165) is 11.3 Å². The van der Waals surface area contributed by atoms with E-state index < -0.39 is 0 Å². The van der Waals surface area contributed by atoms with Crippen molar-refractivity contribution in [1.82, 2.24) is 25.1 Å². The Morgan fingerprint density at radius 3 is 2.61 bits per heavy atom. The summed E-state index contributed by atoms with van der Waals surface area (Å²) in [5.41, 5.74) is 2.29. The summed E-state index contributed by atoms with van der Waals surface area (Å²) in [5.74, 6) is -0.157. The topological polar surface area (TPSA) is 92.7 Å². The molecular weight excluding hydrogens is 354 g/mol. The van der Waals surface area contributed by atoms with Crippen LogP contribution in [0.4, 0.5) is 0 Å². The largest absolute Gasteiger partial charge is 0.349 e. The molecule has 0 saturated heterocycles. The summed E-state index contributed by atoms with van der Waals surface area (Å²) >= 11 is 0. The molecule has 2 heterocycles. The van der Waals surface area contributed by atoms with Crippen LogP contribution in [0.5, 0.6) is 0 Å². The number of hydrogen-bond donors (Lipinski definition) is 2. The van der Waals surface area contributed by atoms with Crippen molar-refractivity contribution >= 4 is 16.7 Å². The minimum atomic E-state index is -0.258. The van der Waals surface area contributed by atoms with Gasteiger partial charge in [-0.3, -0.25) is 9.59 Å². The third-order valence-electron chi connectivity index (χ3n) is 4.68. The number of H-pyrrole nitrogens is 1. The number of amides is 1. The van der Waals surface area contributed by atoms with E-state index in [1.54, 1.807) is 30.7 Å². The van der Waals surface area contributed by atoms with Crippen LogP contribution in [0.3, 0.4) is 0 Å². The van der Waals surface area contributed by atoms with Crippen molar-refractivity contribution in [3.63, 3.8) is 0 Å². The van der Waals surface area contributed by atoms with Crippen molar-refractivity contribution in [2.75, 3.05) is 0 Å². The second-order valence-electron chi connectivity index (χ2n) is 6.57. The lowest BCUT2D eigenvalue weighted by Crippen LogP contribution is -2.29. The Bertz CT molecular complexity index is 1160. The number of nitrogens with zero attached hydrogens (tertiary/aromatic N) is 3. The molecule has 0 fully saturated rings. The zero-order chi connectivity index (χ0) is 19.5. The van der Waals surface area contributed by atoms with Crippen molar-refractivity contribution < 1.29 is 4.79 Å². The number of aromatic nitrogens is 4. The standard InChI is InChI=1S/C21H19N5O2/c1-14(15-6-8-16(9-7-15)26-11-10-22-13-26)23-20(27)12-19-17-4-2-3-5-18(17)21(28)25-24-19/h2-11,13-14H,12H2,1H3,(H,23,27)(H,25,28)/t14-/m0/s1. The predicted octanol–water partition coefficient (Wildman–Crippen LogP) is 2.53. The number of benzene rings is 2. The van der Waals surface area contributed by atoms with E-state index in [1.807, 2.05) is 48.0 Å². The fraction of sp³-hybridized carbons (Fsp3) is 0.143. The quantitative estimate of drug-likeness (QED) is 0.562. The van der Waals surface area contributed by atoms with Crippen LogP contribution in [0.25, 0.3) is 16.5 Å². The van der Waals surface area contributed by atoms with E-state index in [4.69, 9.17) is 0 Å². The molecule has 0 aliphatic carbocycles. The molecule has 0 unspecified atom stereocenters. The maximum Gasteiger partial charge on any atom is 0.272 e. The summed E-state index contributed by atoms with van der Waals surface area (Å²) in [5, 5.41) is 10.7. The van der Waals surface area contributed by atoms with Gasteiger partial charge in [0.25, 0.3) is 5.56 Å². The maximum atomic E-state index is 12.5. The molecule has 1 atom stereocenters. The van der Waals surface area contributed by atoms with E-state index in [1.165, 1.54) is 0 Å². The summed E-state index contributed by atoms with van der Waals surface area (Å²) in [7, 11) is 0. The molecule has 28 heavy (non-hydrogen) atoms. The Balaban J connectivity index is 1.47. The lowest BCUT2D eigenvalue weighted by molar-refractivity contribution is -0.121. The van der Waals surface area contributed by atoms with Gasteiger partial charge in [-0.1, -0.05) is 30.3 Å². The number of carbonyl (C=O) groups is 1. The molecule has 0 aliphatic rings. The second kappa shape index (κ2) is 7.48. The SMILES string of the molecule is C[C@H](NC(=O)Cc1n[nH]c(=O)c2ccccc12)c1ccc(-n2ccnc2)cc1. The second-order valence-corrected chi connectivity index (χ2v) is 6.57. The molecule has 0 spiro atoms. The van der Waals surface area contributed by atoms with Crippen molar-refractivity contribution in [3.8, 4) is 5.69 Å². The maximum absolute atomic E-state index is 12.5. The Morgan fingerprint density at radius 2 is 1.89 bits per heavy atom. The van der Waals surface area contributed by atoms with E-state index in [2.05, 4.69) is 20.5 Å². The lowest BCUT2D eigenvalue weighted by Gasteiger charge is -2.15. The summed E-state index contributed by atoms with van der Waals surface area (Å²) in [6, 6.07) is 14.9. The van der Waals surface area contributed by atoms with Gasteiger partial charge in [-0.15, -0.1) is 0 Å². The number of aromatic amines is 1. The first kappa shape index (κ1) is 17.7. The lowest BCUT2D eigenvalue weighted by atomic mass is 10.1. The minimum absolute atomic E-state index is 0.0920. The van der Waals surface area contributed by atoms with Gasteiger partial charge >= 0.3 is 0 Å². The normalized spacial score (nSPS) is 12.0. The fourth-order valence-electron chi connectivity index (χ4n) is 3.18. The molecule has 2 aromatic heterocycles. The van der Waals surface area contributed by atoms with Gasteiger partial charge in [0, 0.05) is 23.5 Å². The molecule has 0 saturated carbocycles. The molecule has 140 valence electrons. The molecule has 0 radical (unpaired) electrons. The van der Waals surface area contributed by atoms with Crippen LogP contribution in [0.1, 0.15) is 24.2 Å². The van der Waals surface area contributed by atoms with Gasteiger partial charge in [0.1, 0.15) is 0 Å². The van der Waals surface area contributed by atoms with Gasteiger partial charge in [0.05, 0.1) is 29.9 Å². The molecule has 0 aliphatic heterocycles. The average Bonchev–Trinajstić information content (AvgIpc) is 3.25. The average molecular weight is 373 g/mol. The van der Waals surface area contributed by atoms with Crippen molar-refractivity contribution in [1.29, 1.82) is 0 Å². The molecule has 7 nitrogen and oxygen atoms in total. The number of carbonyl (C=O) groups excluding carboxylic acids is 1. The summed E-state index contributed by atoms with van der Waals surface area (Å²) in [6.45, 7) is 1.93.